The lowest BCUT2D eigenvalue weighted by molar-refractivity contribution is -0.126. The molecule has 0 aliphatic carbocycles. The quantitative estimate of drug-likeness (QED) is 0.856. The zero-order valence-electron chi connectivity index (χ0n) is 12.6. The summed E-state index contributed by atoms with van der Waals surface area (Å²) >= 11 is 1.51. The van der Waals surface area contributed by atoms with Gasteiger partial charge in [-0.1, -0.05) is 30.3 Å². The van der Waals surface area contributed by atoms with E-state index >= 15 is 0 Å². The fourth-order valence-corrected chi connectivity index (χ4v) is 2.71. The fourth-order valence-electron chi connectivity index (χ4n) is 1.88. The van der Waals surface area contributed by atoms with Crippen molar-refractivity contribution in [2.75, 3.05) is 6.54 Å². The molecule has 1 aromatic heterocycles. The van der Waals surface area contributed by atoms with Crippen molar-refractivity contribution < 1.29 is 9.59 Å². The number of nitrogens with zero attached hydrogens (tertiary/aromatic N) is 1. The Labute approximate surface area is 133 Å². The molecule has 6 heteroatoms. The molecule has 0 aliphatic heterocycles. The van der Waals surface area contributed by atoms with Crippen molar-refractivity contribution in [2.45, 2.75) is 26.3 Å². The summed E-state index contributed by atoms with van der Waals surface area (Å²) in [6.45, 7) is 3.74. The summed E-state index contributed by atoms with van der Waals surface area (Å²) < 4.78 is 0. The first kappa shape index (κ1) is 16.2. The number of rotatable bonds is 6. The average Bonchev–Trinajstić information content (AvgIpc) is 2.94. The van der Waals surface area contributed by atoms with Crippen LogP contribution in [-0.4, -0.2) is 29.4 Å². The largest absolute Gasteiger partial charge is 0.352 e. The van der Waals surface area contributed by atoms with Crippen molar-refractivity contribution in [3.63, 3.8) is 0 Å². The number of benzene rings is 1. The van der Waals surface area contributed by atoms with E-state index < -0.39 is 0 Å². The standard InChI is InChI=1S/C16H19N3O2S/c1-11(2)18-15(21)9-17-14(20)8-13-10-22-16(19-13)12-6-4-3-5-7-12/h3-7,10-11H,8-9H2,1-2H3,(H,17,20)(H,18,21). The van der Waals surface area contributed by atoms with Crippen molar-refractivity contribution in [1.82, 2.24) is 15.6 Å². The van der Waals surface area contributed by atoms with Crippen molar-refractivity contribution in [1.29, 1.82) is 0 Å². The van der Waals surface area contributed by atoms with Gasteiger partial charge in [0.25, 0.3) is 0 Å². The third-order valence-electron chi connectivity index (χ3n) is 2.81. The molecule has 0 bridgehead atoms. The van der Waals surface area contributed by atoms with Gasteiger partial charge in [-0.15, -0.1) is 11.3 Å². The Morgan fingerprint density at radius 2 is 1.91 bits per heavy atom. The van der Waals surface area contributed by atoms with E-state index in [4.69, 9.17) is 0 Å². The molecule has 0 atom stereocenters. The van der Waals surface area contributed by atoms with Crippen LogP contribution in [0.5, 0.6) is 0 Å². The van der Waals surface area contributed by atoms with Crippen LogP contribution in [0, 0.1) is 0 Å². The molecule has 116 valence electrons. The number of aromatic nitrogens is 1. The number of amides is 2. The summed E-state index contributed by atoms with van der Waals surface area (Å²) in [5.74, 6) is -0.393. The van der Waals surface area contributed by atoms with Gasteiger partial charge >= 0.3 is 0 Å². The number of hydrogen-bond acceptors (Lipinski definition) is 4. The Balaban J connectivity index is 1.85. The van der Waals surface area contributed by atoms with E-state index in [1.165, 1.54) is 11.3 Å². The van der Waals surface area contributed by atoms with E-state index in [1.807, 2.05) is 49.6 Å². The van der Waals surface area contributed by atoms with Gasteiger partial charge in [-0.05, 0) is 13.8 Å². The second-order valence-electron chi connectivity index (χ2n) is 5.19. The van der Waals surface area contributed by atoms with Gasteiger partial charge in [-0.3, -0.25) is 9.59 Å². The molecular formula is C16H19N3O2S. The number of nitrogens with one attached hydrogen (secondary N) is 2. The van der Waals surface area contributed by atoms with Gasteiger partial charge in [0.15, 0.2) is 0 Å². The third-order valence-corrected chi connectivity index (χ3v) is 3.75. The lowest BCUT2D eigenvalue weighted by Crippen LogP contribution is -2.40. The number of carbonyl (C=O) groups is 2. The highest BCUT2D eigenvalue weighted by atomic mass is 32.1. The Kier molecular flexibility index (Phi) is 5.66. The lowest BCUT2D eigenvalue weighted by Gasteiger charge is -2.08. The minimum atomic E-state index is -0.205. The Morgan fingerprint density at radius 1 is 1.18 bits per heavy atom. The Morgan fingerprint density at radius 3 is 2.59 bits per heavy atom. The predicted octanol–water partition coefficient (Wildman–Crippen LogP) is 1.99. The number of carbonyl (C=O) groups excluding carboxylic acids is 2. The Hall–Kier alpha value is -2.21. The van der Waals surface area contributed by atoms with Crippen molar-refractivity contribution in [2.24, 2.45) is 0 Å². The van der Waals surface area contributed by atoms with E-state index in [0.717, 1.165) is 10.6 Å². The second kappa shape index (κ2) is 7.70. The average molecular weight is 317 g/mol. The molecule has 0 saturated heterocycles. The summed E-state index contributed by atoms with van der Waals surface area (Å²) in [6, 6.07) is 9.90. The van der Waals surface area contributed by atoms with Crippen LogP contribution in [0.15, 0.2) is 35.7 Å². The molecule has 0 fully saturated rings. The molecule has 0 aliphatic rings. The number of hydrogen-bond donors (Lipinski definition) is 2. The van der Waals surface area contributed by atoms with Gasteiger partial charge < -0.3 is 10.6 Å². The highest BCUT2D eigenvalue weighted by Crippen LogP contribution is 2.23. The van der Waals surface area contributed by atoms with Gasteiger partial charge in [-0.2, -0.15) is 0 Å². The predicted molar refractivity (Wildman–Crippen MR) is 87.5 cm³/mol. The van der Waals surface area contributed by atoms with Crippen LogP contribution in [0.2, 0.25) is 0 Å². The topological polar surface area (TPSA) is 71.1 Å². The van der Waals surface area contributed by atoms with Gasteiger partial charge in [0, 0.05) is 17.0 Å². The molecular weight excluding hydrogens is 298 g/mol. The van der Waals surface area contributed by atoms with Crippen LogP contribution < -0.4 is 10.6 Å². The van der Waals surface area contributed by atoms with Crippen molar-refractivity contribution in [3.05, 3.63) is 41.4 Å². The smallest absolute Gasteiger partial charge is 0.239 e. The monoisotopic (exact) mass is 317 g/mol. The van der Waals surface area contributed by atoms with E-state index in [0.29, 0.717) is 5.69 Å². The minimum absolute atomic E-state index is 0.00725. The minimum Gasteiger partial charge on any atom is -0.352 e. The van der Waals surface area contributed by atoms with Crippen LogP contribution >= 0.6 is 11.3 Å². The zero-order valence-corrected chi connectivity index (χ0v) is 13.4. The van der Waals surface area contributed by atoms with Crippen LogP contribution in [-0.2, 0) is 16.0 Å². The molecule has 1 heterocycles. The second-order valence-corrected chi connectivity index (χ2v) is 6.04. The van der Waals surface area contributed by atoms with Gasteiger partial charge in [-0.25, -0.2) is 4.98 Å². The first-order valence-electron chi connectivity index (χ1n) is 7.10. The molecule has 2 N–H and O–H groups in total. The maximum Gasteiger partial charge on any atom is 0.239 e. The molecule has 22 heavy (non-hydrogen) atoms. The van der Waals surface area contributed by atoms with E-state index in [9.17, 15) is 9.59 Å². The first-order chi connectivity index (χ1) is 10.5. The summed E-state index contributed by atoms with van der Waals surface area (Å²) in [4.78, 5) is 27.7. The highest BCUT2D eigenvalue weighted by molar-refractivity contribution is 7.13. The van der Waals surface area contributed by atoms with E-state index in [-0.39, 0.29) is 30.8 Å². The zero-order chi connectivity index (χ0) is 15.9. The Bertz CT molecular complexity index is 638. The molecule has 0 radical (unpaired) electrons. The van der Waals surface area contributed by atoms with Crippen LogP contribution in [0.1, 0.15) is 19.5 Å². The first-order valence-corrected chi connectivity index (χ1v) is 7.98. The third kappa shape index (κ3) is 4.96. The molecule has 2 amide bonds. The fraction of sp³-hybridized carbons (Fsp3) is 0.312. The number of thiazole rings is 1. The summed E-state index contributed by atoms with van der Waals surface area (Å²) in [7, 11) is 0. The highest BCUT2D eigenvalue weighted by Gasteiger charge is 2.10. The van der Waals surface area contributed by atoms with Crippen LogP contribution in [0.3, 0.4) is 0 Å². The molecule has 0 spiro atoms. The van der Waals surface area contributed by atoms with E-state index in [1.54, 1.807) is 0 Å². The summed E-state index contributed by atoms with van der Waals surface area (Å²) in [6.07, 6.45) is 0.179. The SMILES string of the molecule is CC(C)NC(=O)CNC(=O)Cc1csc(-c2ccccc2)n1. The van der Waals surface area contributed by atoms with Gasteiger partial charge in [0.05, 0.1) is 18.7 Å². The lowest BCUT2D eigenvalue weighted by atomic mass is 10.2. The van der Waals surface area contributed by atoms with Gasteiger partial charge in [0.2, 0.25) is 11.8 Å². The normalized spacial score (nSPS) is 10.5. The molecule has 0 unspecified atom stereocenters. The molecule has 2 aromatic rings. The maximum absolute atomic E-state index is 11.8. The van der Waals surface area contributed by atoms with Gasteiger partial charge in [0.1, 0.15) is 5.01 Å². The molecule has 2 rings (SSSR count). The molecule has 5 nitrogen and oxygen atoms in total. The summed E-state index contributed by atoms with van der Waals surface area (Å²) in [5, 5.41) is 8.08. The van der Waals surface area contributed by atoms with Crippen molar-refractivity contribution >= 4 is 23.2 Å². The molecule has 0 saturated carbocycles. The van der Waals surface area contributed by atoms with E-state index in [2.05, 4.69) is 15.6 Å². The van der Waals surface area contributed by atoms with Crippen molar-refractivity contribution in [3.8, 4) is 10.6 Å². The van der Waals surface area contributed by atoms with Crippen LogP contribution in [0.25, 0.3) is 10.6 Å². The maximum atomic E-state index is 11.8. The molecule has 1 aromatic carbocycles. The summed E-state index contributed by atoms with van der Waals surface area (Å²) in [5.41, 5.74) is 1.75. The van der Waals surface area contributed by atoms with Crippen LogP contribution in [0.4, 0.5) is 0 Å².